The Morgan fingerprint density at radius 3 is 2.81 bits per heavy atom. The van der Waals surface area contributed by atoms with Crippen LogP contribution in [0, 0.1) is 5.92 Å². The average Bonchev–Trinajstić information content (AvgIpc) is 2.78. The van der Waals surface area contributed by atoms with Crippen LogP contribution < -0.4 is 10.2 Å². The van der Waals surface area contributed by atoms with Gasteiger partial charge in [0.15, 0.2) is 0 Å². The highest BCUT2D eigenvalue weighted by Crippen LogP contribution is 2.31. The Balaban J connectivity index is 1.99. The van der Waals surface area contributed by atoms with Crippen LogP contribution >= 0.6 is 0 Å². The van der Waals surface area contributed by atoms with E-state index in [0.29, 0.717) is 6.54 Å². The molecule has 0 bridgehead atoms. The van der Waals surface area contributed by atoms with Crippen molar-refractivity contribution in [2.45, 2.75) is 39.2 Å². The number of fused-ring (bicyclic) bond motifs is 1. The maximum absolute atomic E-state index is 12.4. The van der Waals surface area contributed by atoms with Gasteiger partial charge in [0.05, 0.1) is 0 Å². The van der Waals surface area contributed by atoms with Crippen LogP contribution in [0.5, 0.6) is 0 Å². The summed E-state index contributed by atoms with van der Waals surface area (Å²) in [4.78, 5) is 24.9. The fourth-order valence-electron chi connectivity index (χ4n) is 2.80. The number of benzene rings is 1. The largest absolute Gasteiger partial charge is 0.481 e. The van der Waals surface area contributed by atoms with E-state index in [1.54, 1.807) is 4.90 Å². The Morgan fingerprint density at radius 1 is 1.43 bits per heavy atom. The smallest absolute Gasteiger partial charge is 0.322 e. The summed E-state index contributed by atoms with van der Waals surface area (Å²) in [5.74, 6) is -0.851. The molecule has 2 rings (SSSR count). The van der Waals surface area contributed by atoms with E-state index in [1.165, 1.54) is 5.56 Å². The van der Waals surface area contributed by atoms with Gasteiger partial charge in [0.2, 0.25) is 0 Å². The molecule has 5 nitrogen and oxygen atoms in total. The summed E-state index contributed by atoms with van der Waals surface area (Å²) in [6.45, 7) is 4.36. The molecular formula is C16H22N2O3. The average molecular weight is 290 g/mol. The second kappa shape index (κ2) is 6.61. The van der Waals surface area contributed by atoms with Gasteiger partial charge in [-0.05, 0) is 30.9 Å². The number of nitrogens with one attached hydrogen (secondary N) is 1. The molecule has 114 valence electrons. The zero-order valence-corrected chi connectivity index (χ0v) is 12.5. The van der Waals surface area contributed by atoms with E-state index in [1.807, 2.05) is 38.1 Å². The van der Waals surface area contributed by atoms with Gasteiger partial charge in [0.25, 0.3) is 0 Å². The van der Waals surface area contributed by atoms with Crippen LogP contribution in [0.4, 0.5) is 10.5 Å². The minimum atomic E-state index is -0.823. The van der Waals surface area contributed by atoms with Crippen molar-refractivity contribution in [2.24, 2.45) is 5.92 Å². The number of rotatable bonds is 5. The van der Waals surface area contributed by atoms with Crippen LogP contribution in [-0.4, -0.2) is 29.7 Å². The molecule has 2 N–H and O–H groups in total. The number of carboxylic acid groups (broad SMARTS) is 1. The molecule has 0 spiro atoms. The molecule has 0 saturated heterocycles. The van der Waals surface area contributed by atoms with Crippen molar-refractivity contribution in [3.8, 4) is 0 Å². The number of carbonyl (C=O) groups excluding carboxylic acids is 1. The molecule has 1 aliphatic heterocycles. The number of aliphatic carboxylic acids is 1. The number of anilines is 1. The third-order valence-corrected chi connectivity index (χ3v) is 4.01. The van der Waals surface area contributed by atoms with Gasteiger partial charge in [-0.3, -0.25) is 9.69 Å². The van der Waals surface area contributed by atoms with Gasteiger partial charge in [-0.25, -0.2) is 4.79 Å². The van der Waals surface area contributed by atoms with Crippen molar-refractivity contribution >= 4 is 17.7 Å². The lowest BCUT2D eigenvalue weighted by atomic mass is 10.0. The highest BCUT2D eigenvalue weighted by molar-refractivity contribution is 5.94. The molecule has 1 aliphatic rings. The molecule has 1 heterocycles. The molecule has 1 aromatic carbocycles. The Morgan fingerprint density at radius 2 is 2.14 bits per heavy atom. The Kier molecular flexibility index (Phi) is 4.83. The first-order chi connectivity index (χ1) is 10.0. The number of nitrogens with zero attached hydrogens (tertiary/aromatic N) is 1. The van der Waals surface area contributed by atoms with Crippen molar-refractivity contribution in [2.75, 3.05) is 11.4 Å². The third-order valence-electron chi connectivity index (χ3n) is 4.01. The SMILES string of the molecule is CCC(CNC(=O)N1c2ccccc2CC1C)CC(=O)O. The van der Waals surface area contributed by atoms with E-state index in [4.69, 9.17) is 5.11 Å². The quantitative estimate of drug-likeness (QED) is 0.876. The lowest BCUT2D eigenvalue weighted by Crippen LogP contribution is -2.44. The third kappa shape index (κ3) is 3.54. The number of para-hydroxylation sites is 1. The number of hydrogen-bond acceptors (Lipinski definition) is 2. The molecule has 0 aliphatic carbocycles. The summed E-state index contributed by atoms with van der Waals surface area (Å²) in [7, 11) is 0. The van der Waals surface area contributed by atoms with Gasteiger partial charge < -0.3 is 10.4 Å². The monoisotopic (exact) mass is 290 g/mol. The standard InChI is InChI=1S/C16H22N2O3/c1-3-12(9-15(19)20)10-17-16(21)18-11(2)8-13-6-4-5-7-14(13)18/h4-7,11-12H,3,8-10H2,1-2H3,(H,17,21)(H,19,20). The Labute approximate surface area is 125 Å². The highest BCUT2D eigenvalue weighted by Gasteiger charge is 2.30. The second-order valence-electron chi connectivity index (χ2n) is 5.61. The van der Waals surface area contributed by atoms with Crippen LogP contribution in [0.3, 0.4) is 0 Å². The van der Waals surface area contributed by atoms with Gasteiger partial charge in [0, 0.05) is 24.7 Å². The lowest BCUT2D eigenvalue weighted by molar-refractivity contribution is -0.138. The van der Waals surface area contributed by atoms with Crippen LogP contribution in [0.2, 0.25) is 0 Å². The zero-order valence-electron chi connectivity index (χ0n) is 12.5. The van der Waals surface area contributed by atoms with Crippen molar-refractivity contribution in [3.05, 3.63) is 29.8 Å². The summed E-state index contributed by atoms with van der Waals surface area (Å²) in [5, 5.41) is 11.7. The summed E-state index contributed by atoms with van der Waals surface area (Å²) in [6.07, 6.45) is 1.68. The van der Waals surface area contributed by atoms with Crippen molar-refractivity contribution in [1.82, 2.24) is 5.32 Å². The summed E-state index contributed by atoms with van der Waals surface area (Å²) in [5.41, 5.74) is 2.13. The van der Waals surface area contributed by atoms with E-state index in [9.17, 15) is 9.59 Å². The van der Waals surface area contributed by atoms with Gasteiger partial charge in [-0.15, -0.1) is 0 Å². The van der Waals surface area contributed by atoms with E-state index < -0.39 is 5.97 Å². The van der Waals surface area contributed by atoms with Gasteiger partial charge >= 0.3 is 12.0 Å². The Bertz CT molecular complexity index is 530. The summed E-state index contributed by atoms with van der Waals surface area (Å²) in [6, 6.07) is 7.88. The lowest BCUT2D eigenvalue weighted by Gasteiger charge is -2.24. The molecule has 0 radical (unpaired) electrons. The van der Waals surface area contributed by atoms with Crippen LogP contribution in [0.15, 0.2) is 24.3 Å². The van der Waals surface area contributed by atoms with Crippen molar-refractivity contribution < 1.29 is 14.7 Å². The number of hydrogen-bond donors (Lipinski definition) is 2. The number of urea groups is 1. The van der Waals surface area contributed by atoms with E-state index in [-0.39, 0.29) is 24.4 Å². The molecule has 0 fully saturated rings. The van der Waals surface area contributed by atoms with E-state index >= 15 is 0 Å². The van der Waals surface area contributed by atoms with E-state index in [0.717, 1.165) is 18.5 Å². The molecular weight excluding hydrogens is 268 g/mol. The fourth-order valence-corrected chi connectivity index (χ4v) is 2.80. The fraction of sp³-hybridized carbons (Fsp3) is 0.500. The van der Waals surface area contributed by atoms with Crippen LogP contribution in [-0.2, 0) is 11.2 Å². The molecule has 5 heteroatoms. The topological polar surface area (TPSA) is 69.6 Å². The number of amides is 2. The molecule has 2 amide bonds. The predicted octanol–water partition coefficient (Wildman–Crippen LogP) is 2.65. The van der Waals surface area contributed by atoms with Crippen molar-refractivity contribution in [1.29, 1.82) is 0 Å². The minimum Gasteiger partial charge on any atom is -0.481 e. The normalized spacial score (nSPS) is 18.2. The van der Waals surface area contributed by atoms with Crippen molar-refractivity contribution in [3.63, 3.8) is 0 Å². The first-order valence-electron chi connectivity index (χ1n) is 7.39. The first-order valence-corrected chi connectivity index (χ1v) is 7.39. The minimum absolute atomic E-state index is 0.0281. The zero-order chi connectivity index (χ0) is 15.4. The molecule has 0 saturated carbocycles. The van der Waals surface area contributed by atoms with Gasteiger partial charge in [-0.1, -0.05) is 31.5 Å². The number of carboxylic acids is 1. The predicted molar refractivity (Wildman–Crippen MR) is 81.5 cm³/mol. The molecule has 2 atom stereocenters. The van der Waals surface area contributed by atoms with Crippen LogP contribution in [0.1, 0.15) is 32.3 Å². The maximum Gasteiger partial charge on any atom is 0.322 e. The highest BCUT2D eigenvalue weighted by atomic mass is 16.4. The van der Waals surface area contributed by atoms with Crippen LogP contribution in [0.25, 0.3) is 0 Å². The Hall–Kier alpha value is -2.04. The van der Waals surface area contributed by atoms with E-state index in [2.05, 4.69) is 5.32 Å². The maximum atomic E-state index is 12.4. The molecule has 1 aromatic rings. The first kappa shape index (κ1) is 15.4. The molecule has 2 unspecified atom stereocenters. The molecule has 0 aromatic heterocycles. The summed E-state index contributed by atoms with van der Waals surface area (Å²) >= 11 is 0. The molecule has 21 heavy (non-hydrogen) atoms. The number of carbonyl (C=O) groups is 2. The van der Waals surface area contributed by atoms with Gasteiger partial charge in [0.1, 0.15) is 0 Å². The van der Waals surface area contributed by atoms with Gasteiger partial charge in [-0.2, -0.15) is 0 Å². The second-order valence-corrected chi connectivity index (χ2v) is 5.61. The summed E-state index contributed by atoms with van der Waals surface area (Å²) < 4.78 is 0.